The average Bonchev–Trinajstić information content (AvgIpc) is 3.05. The number of furan rings is 1. The van der Waals surface area contributed by atoms with E-state index in [0.717, 1.165) is 30.2 Å². The zero-order valence-corrected chi connectivity index (χ0v) is 15.8. The van der Waals surface area contributed by atoms with Crippen molar-refractivity contribution in [3.05, 3.63) is 47.9 Å². The molecule has 6 nitrogen and oxygen atoms in total. The Morgan fingerprint density at radius 1 is 1.08 bits per heavy atom. The Labute approximate surface area is 155 Å². The third kappa shape index (κ3) is 7.07. The van der Waals surface area contributed by atoms with Crippen LogP contribution in [0.1, 0.15) is 17.9 Å². The van der Waals surface area contributed by atoms with Gasteiger partial charge in [-0.1, -0.05) is 0 Å². The molecule has 0 saturated carbocycles. The molecule has 0 fully saturated rings. The molecule has 26 heavy (non-hydrogen) atoms. The first-order chi connectivity index (χ1) is 12.6. The Bertz CT molecular complexity index is 625. The number of ether oxygens (including phenoxy) is 3. The summed E-state index contributed by atoms with van der Waals surface area (Å²) in [7, 11) is 3.32. The summed E-state index contributed by atoms with van der Waals surface area (Å²) >= 11 is 0. The average molecular weight is 363 g/mol. The second kappa shape index (κ2) is 10.9. The van der Waals surface area contributed by atoms with Crippen LogP contribution in [-0.2, 0) is 11.3 Å². The van der Waals surface area contributed by atoms with E-state index < -0.39 is 6.10 Å². The molecule has 0 aliphatic rings. The SMILES string of the molecule is COCCCN(Cc1ccc(C)o1)CC(O)COc1ccc(OC)cc1. The van der Waals surface area contributed by atoms with Gasteiger partial charge in [-0.05, 0) is 49.7 Å². The van der Waals surface area contributed by atoms with Crippen molar-refractivity contribution >= 4 is 0 Å². The largest absolute Gasteiger partial charge is 0.497 e. The molecule has 1 unspecified atom stereocenters. The van der Waals surface area contributed by atoms with Crippen LogP contribution in [0.5, 0.6) is 11.5 Å². The van der Waals surface area contributed by atoms with Crippen molar-refractivity contribution in [3.8, 4) is 11.5 Å². The summed E-state index contributed by atoms with van der Waals surface area (Å²) in [5.74, 6) is 3.26. The fraction of sp³-hybridized carbons (Fsp3) is 0.500. The van der Waals surface area contributed by atoms with Crippen molar-refractivity contribution in [2.45, 2.75) is 26.0 Å². The quantitative estimate of drug-likeness (QED) is 0.585. The monoisotopic (exact) mass is 363 g/mol. The van der Waals surface area contributed by atoms with Crippen LogP contribution in [0.3, 0.4) is 0 Å². The Morgan fingerprint density at radius 3 is 2.42 bits per heavy atom. The van der Waals surface area contributed by atoms with Gasteiger partial charge >= 0.3 is 0 Å². The van der Waals surface area contributed by atoms with Crippen LogP contribution in [0.25, 0.3) is 0 Å². The van der Waals surface area contributed by atoms with E-state index in [1.54, 1.807) is 14.2 Å². The Morgan fingerprint density at radius 2 is 1.81 bits per heavy atom. The third-order valence-corrected chi connectivity index (χ3v) is 3.97. The lowest BCUT2D eigenvalue weighted by Crippen LogP contribution is -2.36. The maximum atomic E-state index is 10.4. The minimum Gasteiger partial charge on any atom is -0.497 e. The molecule has 0 spiro atoms. The van der Waals surface area contributed by atoms with Gasteiger partial charge in [-0.2, -0.15) is 0 Å². The molecule has 1 aromatic carbocycles. The van der Waals surface area contributed by atoms with E-state index in [1.165, 1.54) is 0 Å². The van der Waals surface area contributed by atoms with Crippen molar-refractivity contribution in [1.82, 2.24) is 4.90 Å². The highest BCUT2D eigenvalue weighted by molar-refractivity contribution is 5.31. The predicted molar refractivity (Wildman–Crippen MR) is 99.7 cm³/mol. The van der Waals surface area contributed by atoms with Crippen molar-refractivity contribution in [3.63, 3.8) is 0 Å². The lowest BCUT2D eigenvalue weighted by atomic mass is 10.2. The van der Waals surface area contributed by atoms with Gasteiger partial charge < -0.3 is 23.7 Å². The molecule has 1 N–H and O–H groups in total. The minimum atomic E-state index is -0.601. The number of hydrogen-bond acceptors (Lipinski definition) is 6. The minimum absolute atomic E-state index is 0.226. The van der Waals surface area contributed by atoms with Crippen LogP contribution in [0.4, 0.5) is 0 Å². The highest BCUT2D eigenvalue weighted by atomic mass is 16.5. The van der Waals surface area contributed by atoms with Gasteiger partial charge in [0.25, 0.3) is 0 Å². The predicted octanol–water partition coefficient (Wildman–Crippen LogP) is 2.88. The molecular formula is C20H29NO5. The van der Waals surface area contributed by atoms with Gasteiger partial charge in [-0.25, -0.2) is 0 Å². The molecule has 6 heteroatoms. The molecule has 0 radical (unpaired) electrons. The van der Waals surface area contributed by atoms with Crippen LogP contribution in [0, 0.1) is 6.92 Å². The summed E-state index contributed by atoms with van der Waals surface area (Å²) in [4.78, 5) is 2.15. The number of methoxy groups -OCH3 is 2. The number of aliphatic hydroxyl groups is 1. The van der Waals surface area contributed by atoms with Gasteiger partial charge in [0, 0.05) is 26.8 Å². The van der Waals surface area contributed by atoms with Gasteiger partial charge in [0.1, 0.15) is 35.7 Å². The number of aryl methyl sites for hydroxylation is 1. The molecule has 2 aromatic rings. The number of hydrogen-bond donors (Lipinski definition) is 1. The number of nitrogens with zero attached hydrogens (tertiary/aromatic N) is 1. The highest BCUT2D eigenvalue weighted by Crippen LogP contribution is 2.17. The maximum absolute atomic E-state index is 10.4. The third-order valence-electron chi connectivity index (χ3n) is 3.97. The fourth-order valence-corrected chi connectivity index (χ4v) is 2.67. The molecule has 1 aromatic heterocycles. The summed E-state index contributed by atoms with van der Waals surface area (Å²) in [6, 6.07) is 11.2. The number of rotatable bonds is 12. The molecular weight excluding hydrogens is 334 g/mol. The lowest BCUT2D eigenvalue weighted by molar-refractivity contribution is 0.0593. The fourth-order valence-electron chi connectivity index (χ4n) is 2.67. The van der Waals surface area contributed by atoms with E-state index in [4.69, 9.17) is 18.6 Å². The topological polar surface area (TPSA) is 64.3 Å². The van der Waals surface area contributed by atoms with E-state index in [2.05, 4.69) is 4.90 Å². The molecule has 2 rings (SSSR count). The van der Waals surface area contributed by atoms with E-state index >= 15 is 0 Å². The van der Waals surface area contributed by atoms with Crippen LogP contribution in [0.2, 0.25) is 0 Å². The van der Waals surface area contributed by atoms with Crippen molar-refractivity contribution < 1.29 is 23.7 Å². The van der Waals surface area contributed by atoms with Crippen LogP contribution >= 0.6 is 0 Å². The van der Waals surface area contributed by atoms with Crippen molar-refractivity contribution in [2.75, 3.05) is 40.5 Å². The van der Waals surface area contributed by atoms with Crippen LogP contribution in [0.15, 0.2) is 40.8 Å². The Kier molecular flexibility index (Phi) is 8.47. The van der Waals surface area contributed by atoms with E-state index in [-0.39, 0.29) is 6.61 Å². The Hall–Kier alpha value is -2.02. The molecule has 0 amide bonds. The summed E-state index contributed by atoms with van der Waals surface area (Å²) in [5.41, 5.74) is 0. The first-order valence-electron chi connectivity index (χ1n) is 8.82. The second-order valence-electron chi connectivity index (χ2n) is 6.23. The second-order valence-corrected chi connectivity index (χ2v) is 6.23. The number of aliphatic hydroxyl groups excluding tert-OH is 1. The standard InChI is InChI=1S/C20H29NO5/c1-16-5-6-20(26-16)14-21(11-4-12-23-2)13-17(22)15-25-19-9-7-18(24-3)8-10-19/h5-10,17,22H,4,11-15H2,1-3H3. The zero-order valence-electron chi connectivity index (χ0n) is 15.8. The maximum Gasteiger partial charge on any atom is 0.119 e. The van der Waals surface area contributed by atoms with Gasteiger partial charge in [0.05, 0.1) is 13.7 Å². The molecule has 0 saturated heterocycles. The van der Waals surface area contributed by atoms with Crippen molar-refractivity contribution in [2.24, 2.45) is 0 Å². The molecule has 0 bridgehead atoms. The van der Waals surface area contributed by atoms with Crippen LogP contribution < -0.4 is 9.47 Å². The lowest BCUT2D eigenvalue weighted by Gasteiger charge is -2.24. The van der Waals surface area contributed by atoms with E-state index in [1.807, 2.05) is 43.3 Å². The first kappa shape index (κ1) is 20.3. The Balaban J connectivity index is 1.83. The molecule has 1 heterocycles. The molecule has 144 valence electrons. The molecule has 1 atom stereocenters. The van der Waals surface area contributed by atoms with Crippen molar-refractivity contribution in [1.29, 1.82) is 0 Å². The van der Waals surface area contributed by atoms with E-state index in [0.29, 0.717) is 25.4 Å². The highest BCUT2D eigenvalue weighted by Gasteiger charge is 2.14. The first-order valence-corrected chi connectivity index (χ1v) is 8.82. The van der Waals surface area contributed by atoms with Gasteiger partial charge in [-0.15, -0.1) is 0 Å². The van der Waals surface area contributed by atoms with Gasteiger partial charge in [0.2, 0.25) is 0 Å². The van der Waals surface area contributed by atoms with Crippen LogP contribution in [-0.4, -0.2) is 56.6 Å². The number of benzene rings is 1. The summed E-state index contributed by atoms with van der Waals surface area (Å²) in [5, 5.41) is 10.4. The zero-order chi connectivity index (χ0) is 18.8. The van der Waals surface area contributed by atoms with Gasteiger partial charge in [0.15, 0.2) is 0 Å². The smallest absolute Gasteiger partial charge is 0.119 e. The molecule has 0 aliphatic carbocycles. The van der Waals surface area contributed by atoms with E-state index in [9.17, 15) is 5.11 Å². The summed E-state index contributed by atoms with van der Waals surface area (Å²) < 4.78 is 21.6. The summed E-state index contributed by atoms with van der Waals surface area (Å²) in [6.07, 6.45) is 0.290. The normalized spacial score (nSPS) is 12.3. The molecule has 0 aliphatic heterocycles. The van der Waals surface area contributed by atoms with Gasteiger partial charge in [-0.3, -0.25) is 4.90 Å². The summed E-state index contributed by atoms with van der Waals surface area (Å²) in [6.45, 7) is 4.80.